The highest BCUT2D eigenvalue weighted by Gasteiger charge is 2.26. The fraction of sp³-hybridized carbons (Fsp3) is 0.667. The second-order valence-electron chi connectivity index (χ2n) is 6.37. The molecule has 0 saturated carbocycles. The fourth-order valence-electron chi connectivity index (χ4n) is 3.97. The van der Waals surface area contributed by atoms with Gasteiger partial charge < -0.3 is 5.32 Å². The highest BCUT2D eigenvalue weighted by atomic mass is 15.2. The molecule has 0 amide bonds. The number of likely N-dealkylation sites (tertiary alicyclic amines) is 1. The minimum absolute atomic E-state index is 0.762. The van der Waals surface area contributed by atoms with Crippen LogP contribution in [0.2, 0.25) is 0 Å². The van der Waals surface area contributed by atoms with Crippen LogP contribution in [0.25, 0.3) is 0 Å². The van der Waals surface area contributed by atoms with E-state index in [2.05, 4.69) is 47.2 Å². The van der Waals surface area contributed by atoms with Crippen molar-refractivity contribution < 1.29 is 0 Å². The van der Waals surface area contributed by atoms with Crippen LogP contribution in [0.3, 0.4) is 0 Å². The summed E-state index contributed by atoms with van der Waals surface area (Å²) < 4.78 is 0. The van der Waals surface area contributed by atoms with E-state index in [1.165, 1.54) is 51.1 Å². The van der Waals surface area contributed by atoms with Gasteiger partial charge in [0.1, 0.15) is 0 Å². The Morgan fingerprint density at radius 1 is 1.29 bits per heavy atom. The molecule has 1 N–H and O–H groups in total. The molecule has 3 rings (SSSR count). The summed E-state index contributed by atoms with van der Waals surface area (Å²) in [5.74, 6) is 0. The highest BCUT2D eigenvalue weighted by molar-refractivity contribution is 5.56. The first-order valence-electron chi connectivity index (χ1n) is 8.62. The van der Waals surface area contributed by atoms with E-state index in [4.69, 9.17) is 0 Å². The molecule has 3 heteroatoms. The molecule has 21 heavy (non-hydrogen) atoms. The number of anilines is 1. The number of nitrogens with one attached hydrogen (secondary N) is 1. The van der Waals surface area contributed by atoms with Crippen LogP contribution in [0, 0.1) is 0 Å². The Morgan fingerprint density at radius 2 is 2.14 bits per heavy atom. The Hall–Kier alpha value is -1.06. The summed E-state index contributed by atoms with van der Waals surface area (Å²) >= 11 is 0. The molecule has 2 aliphatic rings. The molecule has 1 aromatic carbocycles. The van der Waals surface area contributed by atoms with Crippen molar-refractivity contribution in [2.45, 2.75) is 45.7 Å². The first-order chi connectivity index (χ1) is 10.3. The van der Waals surface area contributed by atoms with Crippen LogP contribution < -0.4 is 5.32 Å². The van der Waals surface area contributed by atoms with Crippen molar-refractivity contribution in [3.63, 3.8) is 0 Å². The second-order valence-corrected chi connectivity index (χ2v) is 6.37. The molecular formula is C18H29N3. The van der Waals surface area contributed by atoms with Gasteiger partial charge in [-0.25, -0.2) is 0 Å². The second kappa shape index (κ2) is 6.80. The topological polar surface area (TPSA) is 18.5 Å². The maximum atomic E-state index is 3.55. The summed E-state index contributed by atoms with van der Waals surface area (Å²) in [6, 6.07) is 7.54. The van der Waals surface area contributed by atoms with Crippen LogP contribution in [0.1, 0.15) is 37.8 Å². The molecule has 2 aliphatic heterocycles. The first kappa shape index (κ1) is 14.9. The van der Waals surface area contributed by atoms with Crippen molar-refractivity contribution in [1.82, 2.24) is 9.80 Å². The van der Waals surface area contributed by atoms with Gasteiger partial charge in [-0.2, -0.15) is 0 Å². The van der Waals surface area contributed by atoms with E-state index in [1.807, 2.05) is 0 Å². The van der Waals surface area contributed by atoms with Crippen molar-refractivity contribution in [3.8, 4) is 0 Å². The summed E-state index contributed by atoms with van der Waals surface area (Å²) in [5.41, 5.74) is 4.48. The SMILES string of the molecule is CCN(CC)C1CCN(Cc2cccc3c2CCCN3)C1. The van der Waals surface area contributed by atoms with Crippen molar-refractivity contribution >= 4 is 5.69 Å². The third kappa shape index (κ3) is 3.24. The predicted molar refractivity (Wildman–Crippen MR) is 89.9 cm³/mol. The van der Waals surface area contributed by atoms with Crippen LogP contribution in [0.4, 0.5) is 5.69 Å². The molecule has 3 nitrogen and oxygen atoms in total. The molecule has 1 unspecified atom stereocenters. The minimum Gasteiger partial charge on any atom is -0.385 e. The number of rotatable bonds is 5. The standard InChI is InChI=1S/C18H29N3/c1-3-21(4-2)16-10-12-20(14-16)13-15-7-5-9-18-17(15)8-6-11-19-18/h5,7,9,16,19H,3-4,6,8,10-14H2,1-2H3. The lowest BCUT2D eigenvalue weighted by Gasteiger charge is -2.27. The lowest BCUT2D eigenvalue weighted by molar-refractivity contribution is 0.209. The Balaban J connectivity index is 1.65. The van der Waals surface area contributed by atoms with Gasteiger partial charge >= 0.3 is 0 Å². The number of fused-ring (bicyclic) bond motifs is 1. The van der Waals surface area contributed by atoms with E-state index in [9.17, 15) is 0 Å². The Kier molecular flexibility index (Phi) is 4.81. The third-order valence-corrected chi connectivity index (χ3v) is 5.16. The van der Waals surface area contributed by atoms with Gasteiger partial charge in [0.15, 0.2) is 0 Å². The Bertz CT molecular complexity index is 468. The van der Waals surface area contributed by atoms with Crippen LogP contribution in [-0.4, -0.2) is 48.6 Å². The number of nitrogens with zero attached hydrogens (tertiary/aromatic N) is 2. The molecule has 0 aromatic heterocycles. The molecule has 2 heterocycles. The van der Waals surface area contributed by atoms with Crippen molar-refractivity contribution in [2.75, 3.05) is 38.0 Å². The molecule has 1 atom stereocenters. The lowest BCUT2D eigenvalue weighted by atomic mass is 9.97. The molecule has 0 spiro atoms. The molecule has 1 saturated heterocycles. The normalized spacial score (nSPS) is 22.3. The van der Waals surface area contributed by atoms with Crippen molar-refractivity contribution in [2.24, 2.45) is 0 Å². The summed E-state index contributed by atoms with van der Waals surface area (Å²) in [6.07, 6.45) is 3.84. The Labute approximate surface area is 129 Å². The van der Waals surface area contributed by atoms with E-state index in [1.54, 1.807) is 11.1 Å². The van der Waals surface area contributed by atoms with Gasteiger partial charge in [-0.05, 0) is 49.5 Å². The van der Waals surface area contributed by atoms with Crippen LogP contribution in [-0.2, 0) is 13.0 Å². The fourth-order valence-corrected chi connectivity index (χ4v) is 3.97. The number of likely N-dealkylation sites (N-methyl/N-ethyl adjacent to an activating group) is 1. The largest absolute Gasteiger partial charge is 0.385 e. The zero-order chi connectivity index (χ0) is 14.7. The maximum Gasteiger partial charge on any atom is 0.0375 e. The van der Waals surface area contributed by atoms with Gasteiger partial charge in [0.25, 0.3) is 0 Å². The molecular weight excluding hydrogens is 258 g/mol. The molecule has 0 aliphatic carbocycles. The quantitative estimate of drug-likeness (QED) is 0.898. The van der Waals surface area contributed by atoms with Crippen LogP contribution in [0.5, 0.6) is 0 Å². The van der Waals surface area contributed by atoms with Crippen molar-refractivity contribution in [3.05, 3.63) is 29.3 Å². The molecule has 116 valence electrons. The van der Waals surface area contributed by atoms with Gasteiger partial charge in [0.2, 0.25) is 0 Å². The van der Waals surface area contributed by atoms with Crippen LogP contribution in [0.15, 0.2) is 18.2 Å². The third-order valence-electron chi connectivity index (χ3n) is 5.16. The van der Waals surface area contributed by atoms with E-state index in [0.717, 1.165) is 19.1 Å². The van der Waals surface area contributed by atoms with E-state index < -0.39 is 0 Å². The van der Waals surface area contributed by atoms with Gasteiger partial charge in [0, 0.05) is 37.9 Å². The van der Waals surface area contributed by atoms with Gasteiger partial charge in [0.05, 0.1) is 0 Å². The van der Waals surface area contributed by atoms with Crippen molar-refractivity contribution in [1.29, 1.82) is 0 Å². The van der Waals surface area contributed by atoms with E-state index in [0.29, 0.717) is 0 Å². The number of hydrogen-bond acceptors (Lipinski definition) is 3. The summed E-state index contributed by atoms with van der Waals surface area (Å²) in [5, 5.41) is 3.55. The summed E-state index contributed by atoms with van der Waals surface area (Å²) in [6.45, 7) is 11.7. The van der Waals surface area contributed by atoms with E-state index >= 15 is 0 Å². The minimum atomic E-state index is 0.762. The lowest BCUT2D eigenvalue weighted by Crippen LogP contribution is -2.37. The zero-order valence-electron chi connectivity index (χ0n) is 13.6. The van der Waals surface area contributed by atoms with Gasteiger partial charge in [-0.3, -0.25) is 9.80 Å². The molecule has 0 radical (unpaired) electrons. The average Bonchev–Trinajstić information content (AvgIpc) is 2.97. The predicted octanol–water partition coefficient (Wildman–Crippen LogP) is 2.96. The molecule has 1 fully saturated rings. The van der Waals surface area contributed by atoms with Gasteiger partial charge in [-0.15, -0.1) is 0 Å². The maximum absolute atomic E-state index is 3.55. The monoisotopic (exact) mass is 287 g/mol. The van der Waals surface area contributed by atoms with Crippen LogP contribution >= 0.6 is 0 Å². The van der Waals surface area contributed by atoms with Gasteiger partial charge in [-0.1, -0.05) is 26.0 Å². The average molecular weight is 287 g/mol. The number of benzene rings is 1. The Morgan fingerprint density at radius 3 is 2.95 bits per heavy atom. The molecule has 0 bridgehead atoms. The number of hydrogen-bond donors (Lipinski definition) is 1. The van der Waals surface area contributed by atoms with E-state index in [-0.39, 0.29) is 0 Å². The smallest absolute Gasteiger partial charge is 0.0375 e. The highest BCUT2D eigenvalue weighted by Crippen LogP contribution is 2.27. The summed E-state index contributed by atoms with van der Waals surface area (Å²) in [7, 11) is 0. The zero-order valence-corrected chi connectivity index (χ0v) is 13.6. The molecule has 1 aromatic rings. The summed E-state index contributed by atoms with van der Waals surface area (Å²) in [4.78, 5) is 5.26. The first-order valence-corrected chi connectivity index (χ1v) is 8.62.